The van der Waals surface area contributed by atoms with Crippen LogP contribution in [0.25, 0.3) is 5.69 Å². The molecule has 0 bridgehead atoms. The maximum Gasteiger partial charge on any atom is 0.0865 e. The Morgan fingerprint density at radius 1 is 1.29 bits per heavy atom. The lowest BCUT2D eigenvalue weighted by atomic mass is 10.3. The fourth-order valence-electron chi connectivity index (χ4n) is 1.37. The lowest BCUT2D eigenvalue weighted by Crippen LogP contribution is -2.02. The van der Waals surface area contributed by atoms with Crippen LogP contribution in [0.15, 0.2) is 22.8 Å². The van der Waals surface area contributed by atoms with Crippen molar-refractivity contribution in [1.82, 2.24) is 15.0 Å². The van der Waals surface area contributed by atoms with Crippen LogP contribution in [-0.4, -0.2) is 21.5 Å². The molecule has 0 radical (unpaired) electrons. The Labute approximate surface area is 117 Å². The molecular formula is C10H9BrCl2N4. The third-order valence-corrected chi connectivity index (χ3v) is 3.96. The van der Waals surface area contributed by atoms with Crippen LogP contribution in [0.1, 0.15) is 5.69 Å². The molecule has 7 heteroatoms. The van der Waals surface area contributed by atoms with Gasteiger partial charge in [0.2, 0.25) is 0 Å². The van der Waals surface area contributed by atoms with E-state index in [-0.39, 0.29) is 0 Å². The van der Waals surface area contributed by atoms with Crippen molar-refractivity contribution in [3.8, 4) is 5.69 Å². The Bertz CT molecular complexity index is 541. The van der Waals surface area contributed by atoms with E-state index in [2.05, 4.69) is 26.2 Å². The molecule has 0 atom stereocenters. The molecule has 1 aromatic heterocycles. The summed E-state index contributed by atoms with van der Waals surface area (Å²) in [5.41, 5.74) is 6.96. The first-order valence-corrected chi connectivity index (χ1v) is 6.43. The highest BCUT2D eigenvalue weighted by Crippen LogP contribution is 2.34. The lowest BCUT2D eigenvalue weighted by Gasteiger charge is -2.06. The van der Waals surface area contributed by atoms with Crippen molar-refractivity contribution in [3.05, 3.63) is 38.5 Å². The summed E-state index contributed by atoms with van der Waals surface area (Å²) in [7, 11) is 0. The van der Waals surface area contributed by atoms with Gasteiger partial charge in [0, 0.05) is 10.9 Å². The highest BCUT2D eigenvalue weighted by atomic mass is 79.9. The highest BCUT2D eigenvalue weighted by molar-refractivity contribution is 9.10. The number of hydrogen-bond acceptors (Lipinski definition) is 3. The van der Waals surface area contributed by atoms with E-state index in [1.807, 2.05) is 12.1 Å². The molecule has 0 spiro atoms. The summed E-state index contributed by atoms with van der Waals surface area (Å²) in [6.07, 6.45) is 2.47. The van der Waals surface area contributed by atoms with Gasteiger partial charge in [-0.15, -0.1) is 5.10 Å². The number of benzene rings is 1. The van der Waals surface area contributed by atoms with Crippen LogP contribution in [0, 0.1) is 0 Å². The molecule has 90 valence electrons. The van der Waals surface area contributed by atoms with E-state index in [9.17, 15) is 0 Å². The summed E-state index contributed by atoms with van der Waals surface area (Å²) in [6.45, 7) is 0.535. The van der Waals surface area contributed by atoms with Crippen LogP contribution >= 0.6 is 39.1 Å². The van der Waals surface area contributed by atoms with E-state index < -0.39 is 0 Å². The molecule has 0 saturated carbocycles. The van der Waals surface area contributed by atoms with Gasteiger partial charge in [0.05, 0.1) is 27.6 Å². The minimum absolute atomic E-state index is 0.435. The van der Waals surface area contributed by atoms with E-state index >= 15 is 0 Å². The van der Waals surface area contributed by atoms with E-state index in [1.54, 1.807) is 10.9 Å². The zero-order chi connectivity index (χ0) is 12.4. The Morgan fingerprint density at radius 3 is 2.76 bits per heavy atom. The van der Waals surface area contributed by atoms with Gasteiger partial charge in [-0.05, 0) is 34.6 Å². The summed E-state index contributed by atoms with van der Waals surface area (Å²) >= 11 is 15.5. The lowest BCUT2D eigenvalue weighted by molar-refractivity contribution is 0.795. The van der Waals surface area contributed by atoms with Gasteiger partial charge in [0.25, 0.3) is 0 Å². The second kappa shape index (κ2) is 5.35. The maximum atomic E-state index is 6.14. The van der Waals surface area contributed by atoms with Crippen molar-refractivity contribution in [3.63, 3.8) is 0 Å². The second-order valence-electron chi connectivity index (χ2n) is 3.39. The second-order valence-corrected chi connectivity index (χ2v) is 5.00. The van der Waals surface area contributed by atoms with Crippen LogP contribution in [0.3, 0.4) is 0 Å². The summed E-state index contributed by atoms with van der Waals surface area (Å²) in [5, 5.41) is 8.88. The van der Waals surface area contributed by atoms with Gasteiger partial charge in [-0.2, -0.15) is 0 Å². The molecule has 2 aromatic rings. The van der Waals surface area contributed by atoms with Crippen molar-refractivity contribution in [2.45, 2.75) is 6.42 Å². The SMILES string of the molecule is NCCc1cn(-c2ccc(Br)c(Cl)c2Cl)nn1. The van der Waals surface area contributed by atoms with Crippen LogP contribution in [-0.2, 0) is 6.42 Å². The molecule has 1 aromatic carbocycles. The van der Waals surface area contributed by atoms with Gasteiger partial charge in [0.1, 0.15) is 0 Å². The topological polar surface area (TPSA) is 56.7 Å². The molecule has 0 aliphatic carbocycles. The number of nitrogens with two attached hydrogens (primary N) is 1. The largest absolute Gasteiger partial charge is 0.330 e. The van der Waals surface area contributed by atoms with Gasteiger partial charge >= 0.3 is 0 Å². The average molecular weight is 336 g/mol. The van der Waals surface area contributed by atoms with Gasteiger partial charge in [-0.1, -0.05) is 28.4 Å². The average Bonchev–Trinajstić information content (AvgIpc) is 2.75. The predicted octanol–water partition coefficient (Wildman–Crippen LogP) is 2.84. The first-order valence-electron chi connectivity index (χ1n) is 4.88. The van der Waals surface area contributed by atoms with E-state index in [0.29, 0.717) is 28.7 Å². The van der Waals surface area contributed by atoms with Crippen LogP contribution in [0.5, 0.6) is 0 Å². The number of rotatable bonds is 3. The quantitative estimate of drug-likeness (QED) is 0.877. The Hall–Kier alpha value is -0.620. The molecule has 4 nitrogen and oxygen atoms in total. The Balaban J connectivity index is 2.42. The molecule has 0 aliphatic heterocycles. The van der Waals surface area contributed by atoms with E-state index in [1.165, 1.54) is 0 Å². The molecular weight excluding hydrogens is 327 g/mol. The molecule has 2 rings (SSSR count). The smallest absolute Gasteiger partial charge is 0.0865 e. The normalized spacial score (nSPS) is 10.8. The number of nitrogens with zero attached hydrogens (tertiary/aromatic N) is 3. The monoisotopic (exact) mass is 334 g/mol. The summed E-state index contributed by atoms with van der Waals surface area (Å²) < 4.78 is 2.33. The number of hydrogen-bond donors (Lipinski definition) is 1. The van der Waals surface area contributed by atoms with Gasteiger partial charge in [0.15, 0.2) is 0 Å². The molecule has 0 fully saturated rings. The first kappa shape index (κ1) is 12.8. The first-order chi connectivity index (χ1) is 8.13. The molecule has 0 unspecified atom stereocenters. The molecule has 0 amide bonds. The summed E-state index contributed by atoms with van der Waals surface area (Å²) in [6, 6.07) is 3.63. The van der Waals surface area contributed by atoms with Crippen molar-refractivity contribution in [1.29, 1.82) is 0 Å². The molecule has 0 aliphatic rings. The summed E-state index contributed by atoms with van der Waals surface area (Å²) in [4.78, 5) is 0. The minimum atomic E-state index is 0.435. The van der Waals surface area contributed by atoms with Crippen molar-refractivity contribution < 1.29 is 0 Å². The zero-order valence-corrected chi connectivity index (χ0v) is 11.8. The minimum Gasteiger partial charge on any atom is -0.330 e. The molecule has 2 N–H and O–H groups in total. The van der Waals surface area contributed by atoms with Crippen LogP contribution in [0.4, 0.5) is 0 Å². The Kier molecular flexibility index (Phi) is 4.04. The fourth-order valence-corrected chi connectivity index (χ4v) is 2.23. The third-order valence-electron chi connectivity index (χ3n) is 2.20. The standard InChI is InChI=1S/C10H9BrCl2N4/c11-7-1-2-8(10(13)9(7)12)17-5-6(3-4-14)15-16-17/h1-2,5H,3-4,14H2. The predicted molar refractivity (Wildman–Crippen MR) is 71.8 cm³/mol. The number of aromatic nitrogens is 3. The van der Waals surface area contributed by atoms with Crippen LogP contribution < -0.4 is 5.73 Å². The third kappa shape index (κ3) is 2.63. The zero-order valence-electron chi connectivity index (χ0n) is 8.70. The summed E-state index contributed by atoms with van der Waals surface area (Å²) in [5.74, 6) is 0. The van der Waals surface area contributed by atoms with E-state index in [0.717, 1.165) is 10.2 Å². The van der Waals surface area contributed by atoms with Crippen molar-refractivity contribution in [2.24, 2.45) is 5.73 Å². The van der Waals surface area contributed by atoms with Gasteiger partial charge in [-0.25, -0.2) is 4.68 Å². The van der Waals surface area contributed by atoms with Crippen molar-refractivity contribution >= 4 is 39.1 Å². The molecule has 1 heterocycles. The molecule has 0 saturated heterocycles. The van der Waals surface area contributed by atoms with Gasteiger partial charge < -0.3 is 5.73 Å². The highest BCUT2D eigenvalue weighted by Gasteiger charge is 2.11. The fraction of sp³-hybridized carbons (Fsp3) is 0.200. The van der Waals surface area contributed by atoms with Crippen molar-refractivity contribution in [2.75, 3.05) is 6.54 Å². The Morgan fingerprint density at radius 2 is 2.06 bits per heavy atom. The number of halogens is 3. The molecule has 17 heavy (non-hydrogen) atoms. The van der Waals surface area contributed by atoms with E-state index in [4.69, 9.17) is 28.9 Å². The van der Waals surface area contributed by atoms with Crippen LogP contribution in [0.2, 0.25) is 10.0 Å². The maximum absolute atomic E-state index is 6.14. The van der Waals surface area contributed by atoms with Gasteiger partial charge in [-0.3, -0.25) is 0 Å².